The zero-order valence-corrected chi connectivity index (χ0v) is 39.3. The van der Waals surface area contributed by atoms with Crippen LogP contribution in [0.25, 0.3) is 93.6 Å². The molecule has 3 heterocycles. The second kappa shape index (κ2) is 16.1. The van der Waals surface area contributed by atoms with Crippen LogP contribution >= 0.6 is 0 Å². The van der Waals surface area contributed by atoms with E-state index in [0.717, 1.165) is 22.6 Å². The summed E-state index contributed by atoms with van der Waals surface area (Å²) in [6.45, 7) is 0. The predicted octanol–water partition coefficient (Wildman–Crippen LogP) is 14.0. The molecule has 14 rings (SSSR count). The van der Waals surface area contributed by atoms with Gasteiger partial charge in [-0.25, -0.2) is 0 Å². The highest BCUT2D eigenvalue weighted by molar-refractivity contribution is 7.20. The number of aromatic nitrogens is 3. The van der Waals surface area contributed by atoms with Gasteiger partial charge in [-0.1, -0.05) is 218 Å². The number of para-hydroxylation sites is 4. The number of hydrogen-bond donors (Lipinski definition) is 0. The fraction of sp³-hybridized carbons (Fsp3) is 0. The van der Waals surface area contributed by atoms with E-state index in [9.17, 15) is 0 Å². The van der Waals surface area contributed by atoms with Crippen LogP contribution in [0.5, 0.6) is 0 Å². The van der Waals surface area contributed by atoms with Crippen molar-refractivity contribution in [1.29, 1.82) is 0 Å². The Kier molecular flexibility index (Phi) is 9.23. The summed E-state index contributed by atoms with van der Waals surface area (Å²) in [5.74, 6) is 0. The molecule has 3 nitrogen and oxygen atoms in total. The van der Waals surface area contributed by atoms with Crippen molar-refractivity contribution >= 4 is 94.2 Å². The lowest BCUT2D eigenvalue weighted by molar-refractivity contribution is 1.17. The molecule has 0 aliphatic carbocycles. The summed E-state index contributed by atoms with van der Waals surface area (Å²) < 4.78 is 7.62. The van der Waals surface area contributed by atoms with Crippen molar-refractivity contribution in [3.05, 3.63) is 273 Å². The number of nitrogens with zero attached hydrogens (tertiary/aromatic N) is 3. The van der Waals surface area contributed by atoms with Gasteiger partial charge in [-0.2, -0.15) is 0 Å². The Labute approximate surface area is 407 Å². The Bertz CT molecular complexity index is 4110. The molecule has 0 bridgehead atoms. The van der Waals surface area contributed by atoms with Crippen LogP contribution in [0.3, 0.4) is 0 Å². The molecule has 3 aromatic heterocycles. The lowest BCUT2D eigenvalue weighted by Crippen LogP contribution is -2.75. The maximum Gasteiger partial charge on any atom is 0.181 e. The van der Waals surface area contributed by atoms with Crippen LogP contribution in [0.1, 0.15) is 0 Å². The highest BCUT2D eigenvalue weighted by Gasteiger charge is 2.44. The first-order chi connectivity index (χ1) is 34.8. The van der Waals surface area contributed by atoms with E-state index >= 15 is 0 Å². The molecule has 0 spiro atoms. The van der Waals surface area contributed by atoms with E-state index < -0.39 is 8.07 Å². The summed E-state index contributed by atoms with van der Waals surface area (Å²) in [6, 6.07) is 102. The van der Waals surface area contributed by atoms with Crippen molar-refractivity contribution in [2.75, 3.05) is 0 Å². The summed E-state index contributed by atoms with van der Waals surface area (Å²) >= 11 is 0. The van der Waals surface area contributed by atoms with Crippen molar-refractivity contribution < 1.29 is 0 Å². The molecule has 11 aromatic carbocycles. The number of fused-ring (bicyclic) bond motifs is 9. The van der Waals surface area contributed by atoms with Crippen LogP contribution in [0.2, 0.25) is 0 Å². The Morgan fingerprint density at radius 3 is 1.19 bits per heavy atom. The van der Waals surface area contributed by atoms with Crippen LogP contribution in [0.15, 0.2) is 273 Å². The van der Waals surface area contributed by atoms with Gasteiger partial charge in [0.2, 0.25) is 0 Å². The van der Waals surface area contributed by atoms with Crippen molar-refractivity contribution in [2.24, 2.45) is 0 Å². The maximum atomic E-state index is 2.64. The summed E-state index contributed by atoms with van der Waals surface area (Å²) in [6.07, 6.45) is 0. The molecular formula is C66H45N3Si. The van der Waals surface area contributed by atoms with Crippen molar-refractivity contribution in [2.45, 2.75) is 0 Å². The minimum absolute atomic E-state index is 1.13. The average Bonchev–Trinajstić information content (AvgIpc) is 4.10. The van der Waals surface area contributed by atoms with Crippen molar-refractivity contribution in [1.82, 2.24) is 13.7 Å². The Hall–Kier alpha value is -8.96. The summed E-state index contributed by atoms with van der Waals surface area (Å²) in [4.78, 5) is 0. The van der Waals surface area contributed by atoms with Crippen molar-refractivity contribution in [3.63, 3.8) is 0 Å². The molecule has 0 aliphatic heterocycles. The van der Waals surface area contributed by atoms with Crippen LogP contribution in [0, 0.1) is 0 Å². The van der Waals surface area contributed by atoms with E-state index in [0.29, 0.717) is 0 Å². The normalized spacial score (nSPS) is 12.0. The van der Waals surface area contributed by atoms with E-state index in [-0.39, 0.29) is 0 Å². The largest absolute Gasteiger partial charge is 0.309 e. The van der Waals surface area contributed by atoms with Gasteiger partial charge in [0.05, 0.1) is 44.5 Å². The molecule has 0 radical (unpaired) electrons. The molecule has 0 aliphatic rings. The SMILES string of the molecule is c1ccc(-c2ccc(-n3c4ccccc4c4c(-n5c6ccccc6c6c(-n7c8ccccc8c8ccccc87)ccc([Si](c7ccccc7)(c7ccccc7)c7ccccc7)c65)cccc43)cc2)cc1. The lowest BCUT2D eigenvalue weighted by Gasteiger charge is -2.35. The third kappa shape index (κ3) is 5.87. The fourth-order valence-corrected chi connectivity index (χ4v) is 16.9. The predicted molar refractivity (Wildman–Crippen MR) is 299 cm³/mol. The second-order valence-electron chi connectivity index (χ2n) is 18.4. The van der Waals surface area contributed by atoms with Gasteiger partial charge in [0.15, 0.2) is 8.07 Å². The first-order valence-electron chi connectivity index (χ1n) is 24.2. The molecule has 0 unspecified atom stereocenters. The van der Waals surface area contributed by atoms with Gasteiger partial charge in [-0.05, 0) is 86.5 Å². The van der Waals surface area contributed by atoms with Gasteiger partial charge < -0.3 is 13.7 Å². The van der Waals surface area contributed by atoms with E-state index in [1.807, 2.05) is 0 Å². The lowest BCUT2D eigenvalue weighted by atomic mass is 10.1. The Morgan fingerprint density at radius 1 is 0.243 bits per heavy atom. The summed E-state index contributed by atoms with van der Waals surface area (Å²) in [5.41, 5.74) is 13.0. The summed E-state index contributed by atoms with van der Waals surface area (Å²) in [5, 5.41) is 12.7. The molecule has 0 saturated heterocycles. The molecule has 4 heteroatoms. The van der Waals surface area contributed by atoms with Gasteiger partial charge in [0, 0.05) is 38.0 Å². The number of hydrogen-bond acceptors (Lipinski definition) is 0. The number of rotatable bonds is 8. The zero-order chi connectivity index (χ0) is 46.2. The molecule has 0 N–H and O–H groups in total. The van der Waals surface area contributed by atoms with Crippen LogP contribution in [-0.4, -0.2) is 21.8 Å². The monoisotopic (exact) mass is 907 g/mol. The van der Waals surface area contributed by atoms with Gasteiger partial charge in [-0.15, -0.1) is 0 Å². The third-order valence-corrected chi connectivity index (χ3v) is 19.6. The Balaban J connectivity index is 1.17. The molecule has 0 saturated carbocycles. The van der Waals surface area contributed by atoms with Gasteiger partial charge in [-0.3, -0.25) is 0 Å². The quantitative estimate of drug-likeness (QED) is 0.107. The molecule has 14 aromatic rings. The zero-order valence-electron chi connectivity index (χ0n) is 38.3. The minimum Gasteiger partial charge on any atom is -0.309 e. The molecule has 328 valence electrons. The number of benzene rings is 11. The highest BCUT2D eigenvalue weighted by Crippen LogP contribution is 2.43. The van der Waals surface area contributed by atoms with E-state index in [1.165, 1.54) is 91.8 Å². The van der Waals surface area contributed by atoms with E-state index in [4.69, 9.17) is 0 Å². The van der Waals surface area contributed by atoms with E-state index in [2.05, 4.69) is 287 Å². The fourth-order valence-electron chi connectivity index (χ4n) is 11.9. The van der Waals surface area contributed by atoms with Gasteiger partial charge in [0.25, 0.3) is 0 Å². The molecule has 70 heavy (non-hydrogen) atoms. The highest BCUT2D eigenvalue weighted by atomic mass is 28.3. The van der Waals surface area contributed by atoms with Crippen LogP contribution in [0.4, 0.5) is 0 Å². The average molecular weight is 908 g/mol. The standard InChI is InChI=1S/C66H45N3Si/c1-5-22-46(23-6-1)47-40-42-48(43-41-47)67-58-36-19-15-32-54(58)64-60(67)38-21-39-61(64)69-59-37-20-16-33-55(59)65-62(68-56-34-17-13-30-52(56)53-31-14-18-35-57(53)68)44-45-63(66(65)69)70(49-24-7-2-8-25-49,50-26-9-3-10-27-50)51-28-11-4-12-29-51/h1-45H. The topological polar surface area (TPSA) is 14.8 Å². The maximum absolute atomic E-state index is 3.14. The molecule has 0 atom stereocenters. The smallest absolute Gasteiger partial charge is 0.181 e. The first-order valence-corrected chi connectivity index (χ1v) is 26.2. The molecular weight excluding hydrogens is 863 g/mol. The van der Waals surface area contributed by atoms with Gasteiger partial charge >= 0.3 is 0 Å². The van der Waals surface area contributed by atoms with Crippen molar-refractivity contribution in [3.8, 4) is 28.2 Å². The molecule has 0 amide bonds. The van der Waals surface area contributed by atoms with Gasteiger partial charge in [0.1, 0.15) is 0 Å². The summed E-state index contributed by atoms with van der Waals surface area (Å²) in [7, 11) is -3.14. The molecule has 0 fully saturated rings. The van der Waals surface area contributed by atoms with Crippen LogP contribution in [-0.2, 0) is 0 Å². The first kappa shape index (κ1) is 40.1. The van der Waals surface area contributed by atoms with E-state index in [1.54, 1.807) is 0 Å². The second-order valence-corrected chi connectivity index (χ2v) is 22.1. The minimum atomic E-state index is -3.14. The Morgan fingerprint density at radius 2 is 0.643 bits per heavy atom. The third-order valence-electron chi connectivity index (χ3n) is 14.8. The van der Waals surface area contributed by atoms with Crippen LogP contribution < -0.4 is 20.7 Å².